The van der Waals surface area contributed by atoms with Gasteiger partial charge in [-0.25, -0.2) is 9.78 Å². The van der Waals surface area contributed by atoms with E-state index in [1.165, 1.54) is 18.3 Å². The number of pyridine rings is 1. The van der Waals surface area contributed by atoms with Crippen LogP contribution in [0.2, 0.25) is 0 Å². The molecular weight excluding hydrogens is 462 g/mol. The van der Waals surface area contributed by atoms with Crippen LogP contribution in [-0.4, -0.2) is 58.3 Å². The van der Waals surface area contributed by atoms with Crippen molar-refractivity contribution in [2.75, 3.05) is 0 Å². The van der Waals surface area contributed by atoms with E-state index < -0.39 is 60.7 Å². The van der Waals surface area contributed by atoms with E-state index in [1.807, 2.05) is 5.32 Å². The Morgan fingerprint density at radius 2 is 1.76 bits per heavy atom. The maximum absolute atomic E-state index is 12.8. The molecule has 1 unspecified atom stereocenters. The average Bonchev–Trinajstić information content (AvgIpc) is 2.98. The number of ether oxygens (including phenoxy) is 1. The molecule has 0 radical (unpaired) electrons. The summed E-state index contributed by atoms with van der Waals surface area (Å²) in [5, 5.41) is 1.94. The van der Waals surface area contributed by atoms with Crippen molar-refractivity contribution in [3.63, 3.8) is 0 Å². The second-order valence-corrected chi connectivity index (χ2v) is 7.85. The van der Waals surface area contributed by atoms with E-state index in [-0.39, 0.29) is 24.3 Å². The molecule has 1 aromatic heterocycles. The zero-order chi connectivity index (χ0) is 24.6. The van der Waals surface area contributed by atoms with Crippen LogP contribution in [0.4, 0.5) is 31.1 Å². The molecule has 3 N–H and O–H groups in total. The molecule has 3 rings (SSSR count). The zero-order valence-electron chi connectivity index (χ0n) is 16.9. The van der Waals surface area contributed by atoms with Crippen LogP contribution in [0.5, 0.6) is 5.88 Å². The molecule has 4 amide bonds. The first-order valence-electron chi connectivity index (χ1n) is 9.97. The third-order valence-electron chi connectivity index (χ3n) is 5.64. The first-order chi connectivity index (χ1) is 15.3. The number of hydrogen-bond acceptors (Lipinski definition) is 5. The van der Waals surface area contributed by atoms with Gasteiger partial charge in [-0.1, -0.05) is 0 Å². The van der Waals surface area contributed by atoms with Crippen molar-refractivity contribution in [3.8, 4) is 5.88 Å². The molecule has 2 heterocycles. The summed E-state index contributed by atoms with van der Waals surface area (Å²) in [6.07, 6.45) is -10.9. The van der Waals surface area contributed by atoms with Crippen molar-refractivity contribution in [2.45, 2.75) is 62.6 Å². The highest BCUT2D eigenvalue weighted by molar-refractivity contribution is 6.04. The van der Waals surface area contributed by atoms with Crippen molar-refractivity contribution in [2.24, 2.45) is 11.7 Å². The van der Waals surface area contributed by atoms with Crippen molar-refractivity contribution >= 4 is 17.8 Å². The summed E-state index contributed by atoms with van der Waals surface area (Å²) < 4.78 is 82.7. The molecule has 2 fully saturated rings. The molecule has 33 heavy (non-hydrogen) atoms. The van der Waals surface area contributed by atoms with Crippen LogP contribution in [0.25, 0.3) is 0 Å². The topological polar surface area (TPSA) is 115 Å². The molecule has 0 aromatic carbocycles. The summed E-state index contributed by atoms with van der Waals surface area (Å²) in [7, 11) is 0. The van der Waals surface area contributed by atoms with Gasteiger partial charge in [0.15, 0.2) is 5.92 Å². The number of rotatable bonds is 6. The number of halogens is 6. The summed E-state index contributed by atoms with van der Waals surface area (Å²) >= 11 is 0. The molecule has 0 bridgehead atoms. The van der Waals surface area contributed by atoms with Gasteiger partial charge in [-0.05, 0) is 44.2 Å². The first kappa shape index (κ1) is 24.6. The summed E-state index contributed by atoms with van der Waals surface area (Å²) in [6.45, 7) is 0. The summed E-state index contributed by atoms with van der Waals surface area (Å²) in [6, 6.07) is -0.736. The lowest BCUT2D eigenvalue weighted by molar-refractivity contribution is -0.286. The van der Waals surface area contributed by atoms with E-state index in [0.717, 1.165) is 0 Å². The van der Waals surface area contributed by atoms with Gasteiger partial charge in [0.1, 0.15) is 17.7 Å². The van der Waals surface area contributed by atoms with E-state index in [2.05, 4.69) is 4.98 Å². The second kappa shape index (κ2) is 9.06. The number of hydrogen-bond donors (Lipinski definition) is 2. The molecule has 0 spiro atoms. The van der Waals surface area contributed by atoms with E-state index in [9.17, 15) is 40.7 Å². The van der Waals surface area contributed by atoms with Crippen LogP contribution in [0.15, 0.2) is 18.3 Å². The number of imide groups is 1. The number of alkyl halides is 6. The Hall–Kier alpha value is -3.06. The van der Waals surface area contributed by atoms with Gasteiger partial charge in [-0.2, -0.15) is 26.3 Å². The zero-order valence-corrected chi connectivity index (χ0v) is 16.9. The van der Waals surface area contributed by atoms with Crippen LogP contribution in [0, 0.1) is 5.92 Å². The minimum atomic E-state index is -5.61. The predicted octanol–water partition coefficient (Wildman–Crippen LogP) is 2.92. The van der Waals surface area contributed by atoms with Gasteiger partial charge < -0.3 is 15.8 Å². The number of amides is 4. The molecule has 182 valence electrons. The Labute approximate surface area is 183 Å². The Morgan fingerprint density at radius 3 is 2.30 bits per heavy atom. The fourth-order valence-corrected chi connectivity index (χ4v) is 3.99. The number of aromatic nitrogens is 1. The molecule has 1 atom stereocenters. The predicted molar refractivity (Wildman–Crippen MR) is 98.8 cm³/mol. The highest BCUT2D eigenvalue weighted by Gasteiger charge is 2.59. The second-order valence-electron chi connectivity index (χ2n) is 7.85. The van der Waals surface area contributed by atoms with Crippen LogP contribution >= 0.6 is 0 Å². The molecule has 14 heteroatoms. The summed E-state index contributed by atoms with van der Waals surface area (Å²) in [5.41, 5.74) is 5.34. The number of nitrogens with two attached hydrogens (primary N) is 1. The standard InChI is InChI=1S/C19H20F6N4O4/c20-18(21,22)13(19(23,24)25)8-12-16(31)29(17(32)28-12)9-3-5-10(6-4-9)33-15-11(14(26)30)2-1-7-27-15/h1-2,7,9-10,12-13H,3-6,8H2,(H2,26,30)(H,28,32)/t9-,10-,12?. The largest absolute Gasteiger partial charge is 0.474 e. The van der Waals surface area contributed by atoms with Gasteiger partial charge >= 0.3 is 18.4 Å². The molecule has 1 aliphatic carbocycles. The minimum Gasteiger partial charge on any atom is -0.474 e. The smallest absolute Gasteiger partial charge is 0.400 e. The van der Waals surface area contributed by atoms with E-state index >= 15 is 0 Å². The fraction of sp³-hybridized carbons (Fsp3) is 0.579. The minimum absolute atomic E-state index is 0.0221. The maximum atomic E-state index is 12.8. The average molecular weight is 482 g/mol. The normalized spacial score (nSPS) is 24.2. The number of carbonyl (C=O) groups excluding carboxylic acids is 3. The summed E-state index contributed by atoms with van der Waals surface area (Å²) in [4.78, 5) is 40.8. The van der Waals surface area contributed by atoms with E-state index in [0.29, 0.717) is 17.7 Å². The first-order valence-corrected chi connectivity index (χ1v) is 9.97. The molecule has 1 aliphatic heterocycles. The van der Waals surface area contributed by atoms with Crippen molar-refractivity contribution in [1.29, 1.82) is 0 Å². The van der Waals surface area contributed by atoms with Crippen LogP contribution in [-0.2, 0) is 4.79 Å². The third kappa shape index (κ3) is 5.47. The van der Waals surface area contributed by atoms with Crippen LogP contribution < -0.4 is 15.8 Å². The van der Waals surface area contributed by atoms with Gasteiger partial charge in [0.25, 0.3) is 11.8 Å². The molecule has 2 aliphatic rings. The highest BCUT2D eigenvalue weighted by atomic mass is 19.4. The molecule has 1 aromatic rings. The lowest BCUT2D eigenvalue weighted by Gasteiger charge is -2.33. The monoisotopic (exact) mass is 482 g/mol. The Bertz CT molecular complexity index is 900. The number of nitrogens with one attached hydrogen (secondary N) is 1. The fourth-order valence-electron chi connectivity index (χ4n) is 3.99. The lowest BCUT2D eigenvalue weighted by Crippen LogP contribution is -2.45. The van der Waals surface area contributed by atoms with Gasteiger partial charge in [0, 0.05) is 12.2 Å². The quantitative estimate of drug-likeness (QED) is 0.478. The van der Waals surface area contributed by atoms with Crippen LogP contribution in [0.3, 0.4) is 0 Å². The SMILES string of the molecule is NC(=O)c1cccnc1O[C@H]1CC[C@H](N2C(=O)NC(CC(C(F)(F)F)C(F)(F)F)C2=O)CC1. The van der Waals surface area contributed by atoms with Crippen molar-refractivity contribution in [3.05, 3.63) is 23.9 Å². The Morgan fingerprint density at radius 1 is 1.15 bits per heavy atom. The number of nitrogens with zero attached hydrogens (tertiary/aromatic N) is 2. The van der Waals surface area contributed by atoms with E-state index in [4.69, 9.17) is 10.5 Å². The Balaban J connectivity index is 1.62. The van der Waals surface area contributed by atoms with Gasteiger partial charge in [0.05, 0.1) is 0 Å². The maximum Gasteiger partial charge on any atom is 0.400 e. The number of primary amides is 1. The van der Waals surface area contributed by atoms with Crippen molar-refractivity contribution < 1.29 is 45.5 Å². The van der Waals surface area contributed by atoms with Gasteiger partial charge in [-0.15, -0.1) is 0 Å². The molecule has 8 nitrogen and oxygen atoms in total. The molecule has 1 saturated carbocycles. The lowest BCUT2D eigenvalue weighted by atomic mass is 9.91. The van der Waals surface area contributed by atoms with Gasteiger partial charge in [-0.3, -0.25) is 14.5 Å². The third-order valence-corrected chi connectivity index (χ3v) is 5.64. The molecular formula is C19H20F6N4O4. The van der Waals surface area contributed by atoms with Crippen LogP contribution in [0.1, 0.15) is 42.5 Å². The summed E-state index contributed by atoms with van der Waals surface area (Å²) in [5.74, 6) is -5.58. The molecule has 1 saturated heterocycles. The van der Waals surface area contributed by atoms with Gasteiger partial charge in [0.2, 0.25) is 5.88 Å². The number of urea groups is 1. The van der Waals surface area contributed by atoms with E-state index in [1.54, 1.807) is 0 Å². The van der Waals surface area contributed by atoms with Crippen molar-refractivity contribution in [1.82, 2.24) is 15.2 Å². The Kier molecular flexibility index (Phi) is 6.75. The highest BCUT2D eigenvalue weighted by Crippen LogP contribution is 2.42. The number of carbonyl (C=O) groups is 3.